The normalized spacial score (nSPS) is 10.7. The summed E-state index contributed by atoms with van der Waals surface area (Å²) in [4.78, 5) is 8.27. The predicted molar refractivity (Wildman–Crippen MR) is 87.3 cm³/mol. The standard InChI is InChI=1S/C16H10Cl2FN3/c17-11-6-5-9(7-12(11)18)14-8-15(22-16(20)21-14)10-3-1-2-4-13(10)19/h1-8H,(H2,20,21,22). The summed E-state index contributed by atoms with van der Waals surface area (Å²) in [6.45, 7) is 0. The van der Waals surface area contributed by atoms with Gasteiger partial charge in [-0.2, -0.15) is 0 Å². The molecule has 2 N–H and O–H groups in total. The number of halogens is 3. The Labute approximate surface area is 136 Å². The molecule has 0 atom stereocenters. The molecule has 0 bridgehead atoms. The zero-order valence-electron chi connectivity index (χ0n) is 11.2. The highest BCUT2D eigenvalue weighted by Crippen LogP contribution is 2.30. The third kappa shape index (κ3) is 2.89. The van der Waals surface area contributed by atoms with Crippen molar-refractivity contribution in [3.63, 3.8) is 0 Å². The van der Waals surface area contributed by atoms with Gasteiger partial charge in [0.1, 0.15) is 5.82 Å². The number of hydrogen-bond donors (Lipinski definition) is 1. The van der Waals surface area contributed by atoms with Gasteiger partial charge in [-0.15, -0.1) is 0 Å². The Hall–Kier alpha value is -2.17. The maximum Gasteiger partial charge on any atom is 0.221 e. The quantitative estimate of drug-likeness (QED) is 0.730. The van der Waals surface area contributed by atoms with Gasteiger partial charge in [0.2, 0.25) is 5.95 Å². The van der Waals surface area contributed by atoms with Crippen molar-refractivity contribution in [2.45, 2.75) is 0 Å². The second-order valence-electron chi connectivity index (χ2n) is 4.61. The first kappa shape index (κ1) is 14.8. The van der Waals surface area contributed by atoms with Crippen LogP contribution in [0.2, 0.25) is 10.0 Å². The number of benzene rings is 2. The molecule has 1 aromatic heterocycles. The molecule has 6 heteroatoms. The highest BCUT2D eigenvalue weighted by Gasteiger charge is 2.11. The van der Waals surface area contributed by atoms with E-state index in [2.05, 4.69) is 9.97 Å². The van der Waals surface area contributed by atoms with Crippen molar-refractivity contribution in [2.75, 3.05) is 5.73 Å². The van der Waals surface area contributed by atoms with Crippen LogP contribution in [0.1, 0.15) is 0 Å². The monoisotopic (exact) mass is 333 g/mol. The molecule has 1 heterocycles. The number of aromatic nitrogens is 2. The highest BCUT2D eigenvalue weighted by atomic mass is 35.5. The minimum atomic E-state index is -0.374. The number of hydrogen-bond acceptors (Lipinski definition) is 3. The van der Waals surface area contributed by atoms with Crippen molar-refractivity contribution in [1.82, 2.24) is 9.97 Å². The van der Waals surface area contributed by atoms with Crippen LogP contribution in [0.25, 0.3) is 22.5 Å². The molecule has 0 aliphatic carbocycles. The van der Waals surface area contributed by atoms with E-state index in [4.69, 9.17) is 28.9 Å². The topological polar surface area (TPSA) is 51.8 Å². The molecular weight excluding hydrogens is 324 g/mol. The zero-order chi connectivity index (χ0) is 15.7. The van der Waals surface area contributed by atoms with E-state index in [-0.39, 0.29) is 11.8 Å². The summed E-state index contributed by atoms with van der Waals surface area (Å²) in [6, 6.07) is 13.1. The number of nitrogens with two attached hydrogens (primary N) is 1. The summed E-state index contributed by atoms with van der Waals surface area (Å²) in [7, 11) is 0. The molecule has 3 nitrogen and oxygen atoms in total. The highest BCUT2D eigenvalue weighted by molar-refractivity contribution is 6.42. The fraction of sp³-hybridized carbons (Fsp3) is 0. The van der Waals surface area contributed by atoms with E-state index in [0.717, 1.165) is 5.56 Å². The molecular formula is C16H10Cl2FN3. The van der Waals surface area contributed by atoms with E-state index >= 15 is 0 Å². The molecule has 0 saturated carbocycles. The average Bonchev–Trinajstić information content (AvgIpc) is 2.50. The molecule has 0 amide bonds. The van der Waals surface area contributed by atoms with Crippen molar-refractivity contribution in [3.05, 3.63) is 64.4 Å². The summed E-state index contributed by atoms with van der Waals surface area (Å²) < 4.78 is 13.9. The van der Waals surface area contributed by atoms with Crippen LogP contribution in [0.3, 0.4) is 0 Å². The summed E-state index contributed by atoms with van der Waals surface area (Å²) >= 11 is 11.9. The van der Waals surface area contributed by atoms with Crippen molar-refractivity contribution in [1.29, 1.82) is 0 Å². The van der Waals surface area contributed by atoms with Gasteiger partial charge in [0.05, 0.1) is 21.4 Å². The lowest BCUT2D eigenvalue weighted by atomic mass is 10.1. The van der Waals surface area contributed by atoms with E-state index in [9.17, 15) is 4.39 Å². The van der Waals surface area contributed by atoms with E-state index in [1.165, 1.54) is 6.07 Å². The molecule has 0 fully saturated rings. The first-order valence-corrected chi connectivity index (χ1v) is 7.15. The summed E-state index contributed by atoms with van der Waals surface area (Å²) in [5, 5.41) is 0.852. The zero-order valence-corrected chi connectivity index (χ0v) is 12.7. The number of nitrogen functional groups attached to an aromatic ring is 1. The summed E-state index contributed by atoms with van der Waals surface area (Å²) in [5.74, 6) is -0.317. The number of anilines is 1. The molecule has 0 aliphatic heterocycles. The van der Waals surface area contributed by atoms with Gasteiger partial charge in [-0.1, -0.05) is 41.4 Å². The van der Waals surface area contributed by atoms with Crippen molar-refractivity contribution in [2.24, 2.45) is 0 Å². The largest absolute Gasteiger partial charge is 0.368 e. The van der Waals surface area contributed by atoms with E-state index in [0.29, 0.717) is 27.0 Å². The fourth-order valence-corrected chi connectivity index (χ4v) is 2.37. The maximum absolute atomic E-state index is 13.9. The van der Waals surface area contributed by atoms with Gasteiger partial charge in [-0.25, -0.2) is 14.4 Å². The molecule has 0 aliphatic rings. The SMILES string of the molecule is Nc1nc(-c2ccc(Cl)c(Cl)c2)cc(-c2ccccc2F)n1. The second kappa shape index (κ2) is 5.91. The van der Waals surface area contributed by atoms with Crippen LogP contribution in [-0.2, 0) is 0 Å². The van der Waals surface area contributed by atoms with Crippen LogP contribution in [0, 0.1) is 5.82 Å². The Kier molecular flexibility index (Phi) is 3.96. The smallest absolute Gasteiger partial charge is 0.221 e. The van der Waals surface area contributed by atoms with Crippen LogP contribution < -0.4 is 5.73 Å². The minimum absolute atomic E-state index is 0.0572. The average molecular weight is 334 g/mol. The van der Waals surface area contributed by atoms with Gasteiger partial charge in [0, 0.05) is 11.1 Å². The van der Waals surface area contributed by atoms with Crippen LogP contribution in [0.4, 0.5) is 10.3 Å². The third-order valence-corrected chi connectivity index (χ3v) is 3.85. The predicted octanol–water partition coefficient (Wildman–Crippen LogP) is 4.84. The Balaban J connectivity index is 2.14. The van der Waals surface area contributed by atoms with Crippen LogP contribution in [0.5, 0.6) is 0 Å². The Morgan fingerprint density at radius 1 is 0.864 bits per heavy atom. The molecule has 0 spiro atoms. The first-order chi connectivity index (χ1) is 10.5. The molecule has 110 valence electrons. The molecule has 0 radical (unpaired) electrons. The number of rotatable bonds is 2. The van der Waals surface area contributed by atoms with Gasteiger partial charge in [0.15, 0.2) is 0 Å². The van der Waals surface area contributed by atoms with Crippen molar-refractivity contribution >= 4 is 29.2 Å². The molecule has 3 aromatic rings. The van der Waals surface area contributed by atoms with Gasteiger partial charge >= 0.3 is 0 Å². The lowest BCUT2D eigenvalue weighted by Gasteiger charge is -2.08. The maximum atomic E-state index is 13.9. The molecule has 3 rings (SSSR count). The van der Waals surface area contributed by atoms with Gasteiger partial charge in [0.25, 0.3) is 0 Å². The van der Waals surface area contributed by atoms with Crippen molar-refractivity contribution in [3.8, 4) is 22.5 Å². The van der Waals surface area contributed by atoms with E-state index in [1.54, 1.807) is 42.5 Å². The fourth-order valence-electron chi connectivity index (χ4n) is 2.08. The lowest BCUT2D eigenvalue weighted by molar-refractivity contribution is 0.630. The van der Waals surface area contributed by atoms with Gasteiger partial charge in [-0.3, -0.25) is 0 Å². The number of nitrogens with zero attached hydrogens (tertiary/aromatic N) is 2. The summed E-state index contributed by atoms with van der Waals surface area (Å²) in [6.07, 6.45) is 0. The van der Waals surface area contributed by atoms with Crippen LogP contribution in [0.15, 0.2) is 48.5 Å². The third-order valence-electron chi connectivity index (χ3n) is 3.11. The van der Waals surface area contributed by atoms with Crippen molar-refractivity contribution < 1.29 is 4.39 Å². The second-order valence-corrected chi connectivity index (χ2v) is 5.42. The van der Waals surface area contributed by atoms with Gasteiger partial charge in [-0.05, 0) is 30.3 Å². The minimum Gasteiger partial charge on any atom is -0.368 e. The lowest BCUT2D eigenvalue weighted by Crippen LogP contribution is -1.99. The van der Waals surface area contributed by atoms with E-state index < -0.39 is 0 Å². The molecule has 0 saturated heterocycles. The molecule has 0 unspecified atom stereocenters. The van der Waals surface area contributed by atoms with Crippen LogP contribution >= 0.6 is 23.2 Å². The Morgan fingerprint density at radius 3 is 2.32 bits per heavy atom. The van der Waals surface area contributed by atoms with Crippen LogP contribution in [-0.4, -0.2) is 9.97 Å². The Bertz CT molecular complexity index is 853. The summed E-state index contributed by atoms with van der Waals surface area (Å²) in [5.41, 5.74) is 7.79. The van der Waals surface area contributed by atoms with E-state index in [1.807, 2.05) is 0 Å². The van der Waals surface area contributed by atoms with Gasteiger partial charge < -0.3 is 5.73 Å². The molecule has 2 aromatic carbocycles. The first-order valence-electron chi connectivity index (χ1n) is 6.39. The molecule has 22 heavy (non-hydrogen) atoms. The Morgan fingerprint density at radius 2 is 1.59 bits per heavy atom.